The second kappa shape index (κ2) is 6.51. The van der Waals surface area contributed by atoms with Gasteiger partial charge in [0.05, 0.1) is 0 Å². The smallest absolute Gasteiger partial charge is 0.124 e. The van der Waals surface area contributed by atoms with Gasteiger partial charge in [-0.3, -0.25) is 0 Å². The molecule has 0 amide bonds. The van der Waals surface area contributed by atoms with Gasteiger partial charge in [-0.15, -0.1) is 0 Å². The minimum Gasteiger partial charge on any atom is -0.507 e. The van der Waals surface area contributed by atoms with E-state index in [0.717, 1.165) is 22.8 Å². The molecule has 1 aliphatic rings. The van der Waals surface area contributed by atoms with Gasteiger partial charge in [0, 0.05) is 5.39 Å². The van der Waals surface area contributed by atoms with Crippen molar-refractivity contribution < 1.29 is 5.11 Å². The lowest BCUT2D eigenvalue weighted by Gasteiger charge is -2.40. The van der Waals surface area contributed by atoms with Crippen LogP contribution in [0.2, 0.25) is 0 Å². The van der Waals surface area contributed by atoms with Crippen molar-refractivity contribution in [3.63, 3.8) is 0 Å². The molecule has 28 heavy (non-hydrogen) atoms. The number of hydrogen-bond acceptors (Lipinski definition) is 1. The fourth-order valence-corrected chi connectivity index (χ4v) is 5.25. The second-order valence-electron chi connectivity index (χ2n) is 9.91. The molecule has 0 bridgehead atoms. The predicted octanol–water partition coefficient (Wildman–Crippen LogP) is 7.75. The Kier molecular flexibility index (Phi) is 4.38. The number of phenolic OH excluding ortho intramolecular Hbond substituents is 1. The van der Waals surface area contributed by atoms with Crippen molar-refractivity contribution >= 4 is 16.3 Å². The summed E-state index contributed by atoms with van der Waals surface area (Å²) in [6.45, 7) is 11.4. The van der Waals surface area contributed by atoms with Crippen molar-refractivity contribution in [1.29, 1.82) is 0 Å². The highest BCUT2D eigenvalue weighted by molar-refractivity contribution is 6.05. The molecule has 0 heterocycles. The largest absolute Gasteiger partial charge is 0.507 e. The third kappa shape index (κ3) is 3.46. The zero-order chi connectivity index (χ0) is 20.1. The van der Waals surface area contributed by atoms with Gasteiger partial charge in [-0.1, -0.05) is 81.8 Å². The number of hydrogen-bond donors (Lipinski definition) is 1. The van der Waals surface area contributed by atoms with E-state index in [9.17, 15) is 5.11 Å². The fraction of sp³-hybridized carbons (Fsp3) is 0.333. The van der Waals surface area contributed by atoms with Gasteiger partial charge in [0.1, 0.15) is 5.75 Å². The molecule has 0 spiro atoms. The van der Waals surface area contributed by atoms with Gasteiger partial charge in [-0.25, -0.2) is 0 Å². The highest BCUT2D eigenvalue weighted by atomic mass is 16.3. The number of benzene rings is 3. The molecule has 0 radical (unpaired) electrons. The predicted molar refractivity (Wildman–Crippen MR) is 121 cm³/mol. The lowest BCUT2D eigenvalue weighted by molar-refractivity contribution is 0.229. The normalized spacial score (nSPS) is 18.1. The van der Waals surface area contributed by atoms with Crippen LogP contribution in [0.25, 0.3) is 27.5 Å². The minimum absolute atomic E-state index is 0.142. The maximum Gasteiger partial charge on any atom is 0.124 e. The third-order valence-corrected chi connectivity index (χ3v) is 5.85. The molecule has 0 unspecified atom stereocenters. The average molecular weight is 371 g/mol. The summed E-state index contributed by atoms with van der Waals surface area (Å²) in [4.78, 5) is 0. The van der Waals surface area contributed by atoms with E-state index in [1.807, 2.05) is 6.07 Å². The zero-order valence-electron chi connectivity index (χ0n) is 17.6. The van der Waals surface area contributed by atoms with Crippen LogP contribution in [0.1, 0.15) is 51.7 Å². The summed E-state index contributed by atoms with van der Waals surface area (Å²) in [7, 11) is 0. The van der Waals surface area contributed by atoms with E-state index in [-0.39, 0.29) is 10.8 Å². The molecular weight excluding hydrogens is 340 g/mol. The van der Waals surface area contributed by atoms with Crippen LogP contribution in [0.3, 0.4) is 0 Å². The number of allylic oxidation sites excluding steroid dienone is 2. The van der Waals surface area contributed by atoms with Crippen molar-refractivity contribution in [2.45, 2.75) is 47.5 Å². The molecule has 0 aliphatic heterocycles. The Morgan fingerprint density at radius 1 is 0.857 bits per heavy atom. The van der Waals surface area contributed by atoms with Gasteiger partial charge in [0.25, 0.3) is 0 Å². The number of aryl methyl sites for hydroxylation is 1. The quantitative estimate of drug-likeness (QED) is 0.489. The van der Waals surface area contributed by atoms with Gasteiger partial charge in [0.15, 0.2) is 0 Å². The topological polar surface area (TPSA) is 20.2 Å². The molecule has 3 aromatic carbocycles. The highest BCUT2D eigenvalue weighted by Crippen LogP contribution is 2.50. The molecule has 1 aliphatic carbocycles. The monoisotopic (exact) mass is 370 g/mol. The van der Waals surface area contributed by atoms with Crippen LogP contribution in [-0.2, 0) is 0 Å². The summed E-state index contributed by atoms with van der Waals surface area (Å²) in [6, 6.07) is 19.0. The standard InChI is InChI=1S/C27H30O/c1-18-11-12-21-23(13-18)24(28)14-22(25(21)19-9-7-6-8-10-19)20-15-26(2,3)17-27(4,5)16-20/h6-15,28H,16-17H2,1-5H3. The molecule has 3 aromatic rings. The Morgan fingerprint density at radius 3 is 2.25 bits per heavy atom. The number of fused-ring (bicyclic) bond motifs is 1. The number of rotatable bonds is 2. The summed E-state index contributed by atoms with van der Waals surface area (Å²) in [5.41, 5.74) is 6.48. The van der Waals surface area contributed by atoms with Crippen molar-refractivity contribution in [2.24, 2.45) is 10.8 Å². The molecular formula is C27H30O. The number of aromatic hydroxyl groups is 1. The Balaban J connectivity index is 2.07. The molecule has 1 N–H and O–H groups in total. The first-order valence-corrected chi connectivity index (χ1v) is 10.2. The van der Waals surface area contributed by atoms with Gasteiger partial charge in [-0.05, 0) is 70.4 Å². The average Bonchev–Trinajstić information content (AvgIpc) is 2.60. The maximum absolute atomic E-state index is 10.9. The van der Waals surface area contributed by atoms with Gasteiger partial charge in [-0.2, -0.15) is 0 Å². The van der Waals surface area contributed by atoms with Crippen molar-refractivity contribution in [3.05, 3.63) is 71.8 Å². The van der Waals surface area contributed by atoms with E-state index in [4.69, 9.17) is 0 Å². The van der Waals surface area contributed by atoms with Gasteiger partial charge < -0.3 is 5.11 Å². The summed E-state index contributed by atoms with van der Waals surface area (Å²) >= 11 is 0. The highest BCUT2D eigenvalue weighted by Gasteiger charge is 2.34. The molecule has 0 fully saturated rings. The lowest BCUT2D eigenvalue weighted by atomic mass is 9.65. The summed E-state index contributed by atoms with van der Waals surface area (Å²) < 4.78 is 0. The molecule has 0 aromatic heterocycles. The van der Waals surface area contributed by atoms with E-state index >= 15 is 0 Å². The van der Waals surface area contributed by atoms with Crippen LogP contribution < -0.4 is 0 Å². The molecule has 0 saturated heterocycles. The fourth-order valence-electron chi connectivity index (χ4n) is 5.25. The minimum atomic E-state index is 0.142. The van der Waals surface area contributed by atoms with Crippen molar-refractivity contribution in [1.82, 2.24) is 0 Å². The maximum atomic E-state index is 10.9. The Labute approximate surface area is 168 Å². The van der Waals surface area contributed by atoms with Crippen LogP contribution in [0.5, 0.6) is 5.75 Å². The summed E-state index contributed by atoms with van der Waals surface area (Å²) in [6.07, 6.45) is 4.62. The van der Waals surface area contributed by atoms with E-state index < -0.39 is 0 Å². The molecule has 0 saturated carbocycles. The molecule has 4 rings (SSSR count). The zero-order valence-corrected chi connectivity index (χ0v) is 17.6. The summed E-state index contributed by atoms with van der Waals surface area (Å²) in [5, 5.41) is 13.0. The third-order valence-electron chi connectivity index (χ3n) is 5.85. The van der Waals surface area contributed by atoms with Crippen molar-refractivity contribution in [2.75, 3.05) is 0 Å². The molecule has 1 nitrogen and oxygen atoms in total. The molecule has 144 valence electrons. The Bertz CT molecular complexity index is 1070. The van der Waals surface area contributed by atoms with Gasteiger partial charge in [0.2, 0.25) is 0 Å². The van der Waals surface area contributed by atoms with E-state index in [1.165, 1.54) is 28.7 Å². The van der Waals surface area contributed by atoms with E-state index in [2.05, 4.69) is 89.2 Å². The van der Waals surface area contributed by atoms with Crippen molar-refractivity contribution in [3.8, 4) is 16.9 Å². The SMILES string of the molecule is Cc1ccc2c(-c3ccccc3)c(C3=CC(C)(C)CC(C)(C)C3)cc(O)c2c1. The van der Waals surface area contributed by atoms with Crippen LogP contribution >= 0.6 is 0 Å². The Morgan fingerprint density at radius 2 is 1.57 bits per heavy atom. The van der Waals surface area contributed by atoms with Crippen LogP contribution in [-0.4, -0.2) is 5.11 Å². The van der Waals surface area contributed by atoms with Gasteiger partial charge >= 0.3 is 0 Å². The van der Waals surface area contributed by atoms with Crippen LogP contribution in [0, 0.1) is 17.8 Å². The van der Waals surface area contributed by atoms with Crippen LogP contribution in [0.4, 0.5) is 0 Å². The first kappa shape index (κ1) is 18.8. The Hall–Kier alpha value is -2.54. The molecule has 1 heteroatoms. The van der Waals surface area contributed by atoms with E-state index in [1.54, 1.807) is 0 Å². The second-order valence-corrected chi connectivity index (χ2v) is 9.91. The van der Waals surface area contributed by atoms with Crippen LogP contribution in [0.15, 0.2) is 60.7 Å². The van der Waals surface area contributed by atoms with E-state index in [0.29, 0.717) is 5.75 Å². The molecule has 0 atom stereocenters. The number of phenols is 1. The lowest BCUT2D eigenvalue weighted by Crippen LogP contribution is -2.26. The first-order valence-electron chi connectivity index (χ1n) is 10.2. The first-order chi connectivity index (χ1) is 13.2. The summed E-state index contributed by atoms with van der Waals surface area (Å²) in [5.74, 6) is 0.371.